The lowest BCUT2D eigenvalue weighted by Crippen LogP contribution is -2.36. The fourth-order valence-corrected chi connectivity index (χ4v) is 5.58. The van der Waals surface area contributed by atoms with Gasteiger partial charge in [0.1, 0.15) is 0 Å². The van der Waals surface area contributed by atoms with E-state index < -0.39 is 0 Å². The van der Waals surface area contributed by atoms with Gasteiger partial charge in [0.25, 0.3) is 0 Å². The van der Waals surface area contributed by atoms with Crippen LogP contribution in [0.3, 0.4) is 0 Å². The van der Waals surface area contributed by atoms with Gasteiger partial charge in [0.05, 0.1) is 11.2 Å². The molecule has 0 unspecified atom stereocenters. The summed E-state index contributed by atoms with van der Waals surface area (Å²) >= 11 is 0. The van der Waals surface area contributed by atoms with E-state index in [1.165, 1.54) is 32.4 Å². The average molecular weight is 527 g/mol. The summed E-state index contributed by atoms with van der Waals surface area (Å²) in [5.74, 6) is 0.552. The summed E-state index contributed by atoms with van der Waals surface area (Å²) in [6.45, 7) is 7.53. The van der Waals surface area contributed by atoms with Gasteiger partial charge in [0.15, 0.2) is 0 Å². The van der Waals surface area contributed by atoms with Gasteiger partial charge in [-0.05, 0) is 102 Å². The van der Waals surface area contributed by atoms with Crippen molar-refractivity contribution in [3.05, 3.63) is 60.4 Å². The molecule has 7 nitrogen and oxygen atoms in total. The topological polar surface area (TPSA) is 73.4 Å². The number of rotatable bonds is 10. The Bertz CT molecular complexity index is 1240. The summed E-state index contributed by atoms with van der Waals surface area (Å²) in [5, 5.41) is 7.77. The Hall–Kier alpha value is -3.29. The Kier molecular flexibility index (Phi) is 9.57. The van der Waals surface area contributed by atoms with Crippen LogP contribution in [0, 0.1) is 5.92 Å². The lowest BCUT2D eigenvalue weighted by molar-refractivity contribution is -0.116. The zero-order valence-corrected chi connectivity index (χ0v) is 23.2. The minimum Gasteiger partial charge on any atom is -0.384 e. The molecule has 4 heterocycles. The number of fused-ring (bicyclic) bond motifs is 1. The van der Waals surface area contributed by atoms with Gasteiger partial charge in [-0.3, -0.25) is 9.78 Å². The van der Waals surface area contributed by atoms with Crippen LogP contribution >= 0.6 is 0 Å². The molecule has 2 N–H and O–H groups in total. The SMILES string of the molecule is CN1CCC(CNC(=O)/C=C/c2ccc(-c3cc(NCCCN4CCCCC4)c4cnccc4n3)cc2)CC1. The van der Waals surface area contributed by atoms with Crippen LogP contribution in [0.2, 0.25) is 0 Å². The molecule has 5 rings (SSSR count). The highest BCUT2D eigenvalue weighted by molar-refractivity contribution is 5.93. The molecular formula is C32H42N6O. The van der Waals surface area contributed by atoms with E-state index in [-0.39, 0.29) is 5.91 Å². The zero-order valence-electron chi connectivity index (χ0n) is 23.2. The number of nitrogens with one attached hydrogen (secondary N) is 2. The van der Waals surface area contributed by atoms with Crippen LogP contribution in [0.15, 0.2) is 54.9 Å². The van der Waals surface area contributed by atoms with E-state index in [1.54, 1.807) is 12.3 Å². The quantitative estimate of drug-likeness (QED) is 0.284. The lowest BCUT2D eigenvalue weighted by Gasteiger charge is -2.28. The molecule has 3 aromatic rings. The first kappa shape index (κ1) is 27.3. The van der Waals surface area contributed by atoms with Crippen molar-refractivity contribution in [1.29, 1.82) is 0 Å². The van der Waals surface area contributed by atoms with Gasteiger partial charge < -0.3 is 20.4 Å². The Morgan fingerprint density at radius 2 is 1.85 bits per heavy atom. The summed E-state index contributed by atoms with van der Waals surface area (Å²) in [4.78, 5) is 26.5. The highest BCUT2D eigenvalue weighted by Gasteiger charge is 2.16. The van der Waals surface area contributed by atoms with E-state index in [4.69, 9.17) is 4.98 Å². The van der Waals surface area contributed by atoms with Crippen molar-refractivity contribution in [2.24, 2.45) is 5.92 Å². The molecular weight excluding hydrogens is 484 g/mol. The summed E-state index contributed by atoms with van der Waals surface area (Å²) in [6.07, 6.45) is 14.7. The monoisotopic (exact) mass is 526 g/mol. The number of carbonyl (C=O) groups is 1. The van der Waals surface area contributed by atoms with E-state index in [1.807, 2.05) is 30.5 Å². The van der Waals surface area contributed by atoms with Gasteiger partial charge in [0, 0.05) is 48.2 Å². The molecule has 0 spiro atoms. The fraction of sp³-hybridized carbons (Fsp3) is 0.469. The third-order valence-corrected chi connectivity index (χ3v) is 8.06. The van der Waals surface area contributed by atoms with Gasteiger partial charge in [-0.25, -0.2) is 4.98 Å². The number of carbonyl (C=O) groups excluding carboxylic acids is 1. The minimum absolute atomic E-state index is 0.0289. The number of piperidine rings is 2. The fourth-order valence-electron chi connectivity index (χ4n) is 5.58. The predicted molar refractivity (Wildman–Crippen MR) is 161 cm³/mol. The van der Waals surface area contributed by atoms with Crippen LogP contribution in [0.25, 0.3) is 28.2 Å². The molecule has 2 aliphatic heterocycles. The molecule has 206 valence electrons. The van der Waals surface area contributed by atoms with Crippen molar-refractivity contribution in [3.63, 3.8) is 0 Å². The molecule has 2 aromatic heterocycles. The standard InChI is InChI=1S/C32H42N6O/c1-37-20-13-26(14-21-37)23-35-32(39)11-8-25-6-9-27(10-7-25)30-22-31(28-24-33-16-12-29(28)36-30)34-15-5-19-38-17-3-2-4-18-38/h6-12,16,22,24,26H,2-5,13-15,17-21,23H2,1H3,(H,34,36)(H,35,39)/b11-8+. The number of aromatic nitrogens is 2. The van der Waals surface area contributed by atoms with Gasteiger partial charge in [-0.2, -0.15) is 0 Å². The molecule has 0 atom stereocenters. The zero-order chi connectivity index (χ0) is 26.9. The lowest BCUT2D eigenvalue weighted by atomic mass is 9.97. The molecule has 7 heteroatoms. The average Bonchev–Trinajstić information content (AvgIpc) is 2.98. The van der Waals surface area contributed by atoms with Crippen LogP contribution < -0.4 is 10.6 Å². The Balaban J connectivity index is 1.18. The summed E-state index contributed by atoms with van der Waals surface area (Å²) < 4.78 is 0. The van der Waals surface area contributed by atoms with Gasteiger partial charge in [-0.1, -0.05) is 30.7 Å². The van der Waals surface area contributed by atoms with Crippen molar-refractivity contribution in [1.82, 2.24) is 25.1 Å². The molecule has 0 radical (unpaired) electrons. The first-order valence-corrected chi connectivity index (χ1v) is 14.6. The van der Waals surface area contributed by atoms with Crippen LogP contribution in [-0.4, -0.2) is 78.5 Å². The molecule has 0 bridgehead atoms. The minimum atomic E-state index is -0.0289. The number of hydrogen-bond acceptors (Lipinski definition) is 6. The van der Waals surface area contributed by atoms with Crippen LogP contribution in [0.5, 0.6) is 0 Å². The third kappa shape index (κ3) is 7.87. The third-order valence-electron chi connectivity index (χ3n) is 8.06. The maximum atomic E-state index is 12.3. The highest BCUT2D eigenvalue weighted by atomic mass is 16.1. The Morgan fingerprint density at radius 1 is 1.05 bits per heavy atom. The number of amides is 1. The molecule has 0 aliphatic carbocycles. The van der Waals surface area contributed by atoms with Crippen molar-refractivity contribution < 1.29 is 4.79 Å². The number of pyridine rings is 2. The van der Waals surface area contributed by atoms with Crippen molar-refractivity contribution in [2.45, 2.75) is 38.5 Å². The van der Waals surface area contributed by atoms with E-state index in [2.05, 4.69) is 50.7 Å². The predicted octanol–water partition coefficient (Wildman–Crippen LogP) is 5.06. The molecule has 39 heavy (non-hydrogen) atoms. The Morgan fingerprint density at radius 3 is 2.64 bits per heavy atom. The maximum absolute atomic E-state index is 12.3. The van der Waals surface area contributed by atoms with Crippen molar-refractivity contribution >= 4 is 28.6 Å². The first-order chi connectivity index (χ1) is 19.1. The van der Waals surface area contributed by atoms with Crippen LogP contribution in [0.1, 0.15) is 44.1 Å². The second-order valence-corrected chi connectivity index (χ2v) is 11.1. The van der Waals surface area contributed by atoms with E-state index in [0.29, 0.717) is 5.92 Å². The Labute approximate surface area is 232 Å². The molecule has 1 aromatic carbocycles. The van der Waals surface area contributed by atoms with E-state index in [9.17, 15) is 4.79 Å². The normalized spacial score (nSPS) is 17.6. The summed E-state index contributed by atoms with van der Waals surface area (Å²) in [5.41, 5.74) is 4.99. The van der Waals surface area contributed by atoms with Crippen molar-refractivity contribution in [3.8, 4) is 11.3 Å². The van der Waals surface area contributed by atoms with Gasteiger partial charge in [0.2, 0.25) is 5.91 Å². The largest absolute Gasteiger partial charge is 0.384 e. The van der Waals surface area contributed by atoms with E-state index in [0.717, 1.165) is 85.4 Å². The first-order valence-electron chi connectivity index (χ1n) is 14.6. The van der Waals surface area contributed by atoms with Crippen molar-refractivity contribution in [2.75, 3.05) is 58.2 Å². The summed E-state index contributed by atoms with van der Waals surface area (Å²) in [7, 11) is 2.16. The van der Waals surface area contributed by atoms with Gasteiger partial charge >= 0.3 is 0 Å². The number of benzene rings is 1. The van der Waals surface area contributed by atoms with Gasteiger partial charge in [-0.15, -0.1) is 0 Å². The number of hydrogen-bond donors (Lipinski definition) is 2. The highest BCUT2D eigenvalue weighted by Crippen LogP contribution is 2.28. The second kappa shape index (κ2) is 13.7. The second-order valence-electron chi connectivity index (χ2n) is 11.1. The molecule has 2 aliphatic rings. The smallest absolute Gasteiger partial charge is 0.244 e. The number of anilines is 1. The van der Waals surface area contributed by atoms with Crippen LogP contribution in [-0.2, 0) is 4.79 Å². The molecule has 0 saturated carbocycles. The van der Waals surface area contributed by atoms with E-state index >= 15 is 0 Å². The van der Waals surface area contributed by atoms with Crippen LogP contribution in [0.4, 0.5) is 5.69 Å². The maximum Gasteiger partial charge on any atom is 0.244 e. The molecule has 1 amide bonds. The molecule has 2 saturated heterocycles. The number of likely N-dealkylation sites (tertiary alicyclic amines) is 2. The summed E-state index contributed by atoms with van der Waals surface area (Å²) in [6, 6.07) is 12.3. The molecule has 2 fully saturated rings. The number of nitrogens with zero attached hydrogens (tertiary/aromatic N) is 4.